The number of halogens is 2. The fraction of sp³-hybridized carbons (Fsp3) is 0.143. The lowest BCUT2D eigenvalue weighted by Gasteiger charge is -1.97. The number of rotatable bonds is 2. The van der Waals surface area contributed by atoms with Gasteiger partial charge in [-0.1, -0.05) is 29.4 Å². The molecule has 0 heterocycles. The Kier molecular flexibility index (Phi) is 2.61. The van der Waals surface area contributed by atoms with Crippen molar-refractivity contribution in [2.75, 3.05) is 0 Å². The van der Waals surface area contributed by atoms with Crippen molar-refractivity contribution in [1.29, 1.82) is 0 Å². The molecule has 0 bridgehead atoms. The summed E-state index contributed by atoms with van der Waals surface area (Å²) in [6, 6.07) is 5.16. The van der Waals surface area contributed by atoms with E-state index in [0.29, 0.717) is 5.69 Å². The minimum absolute atomic E-state index is 0.0770. The van der Waals surface area contributed by atoms with E-state index in [1.54, 1.807) is 0 Å². The summed E-state index contributed by atoms with van der Waals surface area (Å²) in [6.07, 6.45) is -2.48. The van der Waals surface area contributed by atoms with Crippen molar-refractivity contribution in [2.45, 2.75) is 6.43 Å². The molecule has 0 aliphatic heterocycles. The van der Waals surface area contributed by atoms with Crippen LogP contribution in [-0.4, -0.2) is 0 Å². The highest BCUT2D eigenvalue weighted by molar-refractivity contribution is 5.38. The van der Waals surface area contributed by atoms with Crippen molar-refractivity contribution < 1.29 is 8.78 Å². The second kappa shape index (κ2) is 3.69. The Hall–Kier alpha value is -1.61. The minimum Gasteiger partial charge on any atom is -0.205 e. The molecule has 12 heavy (non-hydrogen) atoms. The van der Waals surface area contributed by atoms with Gasteiger partial charge < -0.3 is 0 Å². The Morgan fingerprint density at radius 2 is 1.83 bits per heavy atom. The highest BCUT2D eigenvalue weighted by Crippen LogP contribution is 2.21. The van der Waals surface area contributed by atoms with E-state index in [9.17, 15) is 8.78 Å². The fourth-order valence-electron chi connectivity index (χ4n) is 0.738. The van der Waals surface area contributed by atoms with Gasteiger partial charge in [0.05, 0.1) is 0 Å². The summed E-state index contributed by atoms with van der Waals surface area (Å²) in [5.74, 6) is 0. The van der Waals surface area contributed by atoms with Crippen LogP contribution in [0, 0.1) is 0 Å². The first-order valence-corrected chi connectivity index (χ1v) is 3.17. The molecule has 5 heteroatoms. The van der Waals surface area contributed by atoms with Crippen molar-refractivity contribution >= 4 is 5.69 Å². The zero-order valence-electron chi connectivity index (χ0n) is 5.98. The Bertz CT molecular complexity index is 301. The van der Waals surface area contributed by atoms with E-state index < -0.39 is 6.43 Å². The lowest BCUT2D eigenvalue weighted by atomic mass is 10.2. The van der Waals surface area contributed by atoms with Crippen molar-refractivity contribution in [1.82, 2.24) is 0 Å². The van der Waals surface area contributed by atoms with E-state index in [1.165, 1.54) is 24.3 Å². The van der Waals surface area contributed by atoms with E-state index in [-0.39, 0.29) is 5.56 Å². The van der Waals surface area contributed by atoms with Crippen molar-refractivity contribution in [2.24, 2.45) is 5.11 Å². The average molecular weight is 169 g/mol. The first-order chi connectivity index (χ1) is 5.74. The predicted molar refractivity (Wildman–Crippen MR) is 40.2 cm³/mol. The Morgan fingerprint density at radius 1 is 1.25 bits per heavy atom. The molecule has 62 valence electrons. The summed E-state index contributed by atoms with van der Waals surface area (Å²) in [5.41, 5.74) is 8.27. The molecule has 0 saturated heterocycles. The quantitative estimate of drug-likeness (QED) is 0.369. The van der Waals surface area contributed by atoms with Crippen molar-refractivity contribution in [3.8, 4) is 0 Å². The molecule has 0 spiro atoms. The maximum atomic E-state index is 12.0. The van der Waals surface area contributed by atoms with E-state index in [2.05, 4.69) is 10.0 Å². The highest BCUT2D eigenvalue weighted by Gasteiger charge is 2.04. The number of benzene rings is 1. The molecule has 0 atom stereocenters. The summed E-state index contributed by atoms with van der Waals surface area (Å²) in [7, 11) is 0. The van der Waals surface area contributed by atoms with Crippen LogP contribution in [0.2, 0.25) is 0 Å². The molecule has 3 nitrogen and oxygen atoms in total. The summed E-state index contributed by atoms with van der Waals surface area (Å²) in [5, 5.41) is 3.24. The second-order valence-electron chi connectivity index (χ2n) is 2.08. The van der Waals surface area contributed by atoms with Gasteiger partial charge >= 0.3 is 0 Å². The van der Waals surface area contributed by atoms with Crippen LogP contribution >= 0.6 is 0 Å². The Balaban J connectivity index is 2.92. The largest absolute Gasteiger partial charge is 0.263 e. The van der Waals surface area contributed by atoms with Crippen molar-refractivity contribution in [3.63, 3.8) is 0 Å². The Labute approximate surface area is 67.3 Å². The van der Waals surface area contributed by atoms with E-state index in [1.807, 2.05) is 0 Å². The van der Waals surface area contributed by atoms with Gasteiger partial charge in [0.25, 0.3) is 6.43 Å². The zero-order chi connectivity index (χ0) is 8.97. The smallest absolute Gasteiger partial charge is 0.205 e. The third kappa shape index (κ3) is 1.93. The molecule has 0 fully saturated rings. The lowest BCUT2D eigenvalue weighted by molar-refractivity contribution is 0.151. The monoisotopic (exact) mass is 169 g/mol. The SMILES string of the molecule is [N-]=[N+]=Nc1ccc(C(F)F)cc1. The van der Waals surface area contributed by atoms with E-state index in [4.69, 9.17) is 5.53 Å². The normalized spacial score (nSPS) is 9.58. The molecule has 1 rings (SSSR count). The van der Waals surface area contributed by atoms with Gasteiger partial charge in [-0.2, -0.15) is 0 Å². The van der Waals surface area contributed by atoms with Crippen molar-refractivity contribution in [3.05, 3.63) is 40.3 Å². The molecule has 0 unspecified atom stereocenters. The van der Waals surface area contributed by atoms with E-state index >= 15 is 0 Å². The van der Waals surface area contributed by atoms with Crippen LogP contribution in [0.3, 0.4) is 0 Å². The van der Waals surface area contributed by atoms with Gasteiger partial charge in [0.15, 0.2) is 0 Å². The van der Waals surface area contributed by atoms with Gasteiger partial charge in [-0.05, 0) is 5.53 Å². The molecule has 0 aliphatic carbocycles. The number of hydrogen-bond donors (Lipinski definition) is 0. The number of hydrogen-bond acceptors (Lipinski definition) is 1. The van der Waals surface area contributed by atoms with Crippen LogP contribution in [0.25, 0.3) is 10.4 Å². The molecular formula is C7H5F2N3. The number of azide groups is 1. The van der Waals surface area contributed by atoms with Gasteiger partial charge in [0.1, 0.15) is 0 Å². The molecule has 1 aromatic rings. The van der Waals surface area contributed by atoms with E-state index in [0.717, 1.165) is 0 Å². The van der Waals surface area contributed by atoms with Crippen LogP contribution < -0.4 is 0 Å². The third-order valence-electron chi connectivity index (χ3n) is 1.31. The number of nitrogens with zero attached hydrogens (tertiary/aromatic N) is 3. The molecular weight excluding hydrogens is 164 g/mol. The molecule has 0 aromatic heterocycles. The molecule has 1 aromatic carbocycles. The van der Waals surface area contributed by atoms with Crippen LogP contribution in [0.1, 0.15) is 12.0 Å². The molecule has 0 aliphatic rings. The van der Waals surface area contributed by atoms with Crippen LogP contribution in [-0.2, 0) is 0 Å². The first kappa shape index (κ1) is 8.49. The average Bonchev–Trinajstić information content (AvgIpc) is 2.06. The summed E-state index contributed by atoms with van der Waals surface area (Å²) < 4.78 is 24.0. The molecule has 0 N–H and O–H groups in total. The third-order valence-corrected chi connectivity index (χ3v) is 1.31. The zero-order valence-corrected chi connectivity index (χ0v) is 5.98. The predicted octanol–water partition coefficient (Wildman–Crippen LogP) is 3.57. The second-order valence-corrected chi connectivity index (χ2v) is 2.08. The molecule has 0 amide bonds. The standard InChI is InChI=1S/C7H5F2N3/c8-7(9)5-1-3-6(4-2-5)11-12-10/h1-4,7H. The summed E-state index contributed by atoms with van der Waals surface area (Å²) >= 11 is 0. The number of alkyl halides is 2. The molecule has 0 saturated carbocycles. The van der Waals surface area contributed by atoms with Crippen LogP contribution in [0.15, 0.2) is 29.4 Å². The maximum Gasteiger partial charge on any atom is 0.263 e. The minimum atomic E-state index is -2.48. The van der Waals surface area contributed by atoms with Gasteiger partial charge in [-0.3, -0.25) is 0 Å². The van der Waals surface area contributed by atoms with Gasteiger partial charge in [0.2, 0.25) is 0 Å². The fourth-order valence-corrected chi connectivity index (χ4v) is 0.738. The van der Waals surface area contributed by atoms with Gasteiger partial charge in [-0.15, -0.1) is 0 Å². The van der Waals surface area contributed by atoms with Crippen LogP contribution in [0.4, 0.5) is 14.5 Å². The molecule has 0 radical (unpaired) electrons. The maximum absolute atomic E-state index is 12.0. The van der Waals surface area contributed by atoms with Crippen LogP contribution in [0.5, 0.6) is 0 Å². The summed E-state index contributed by atoms with van der Waals surface area (Å²) in [4.78, 5) is 2.52. The lowest BCUT2D eigenvalue weighted by Crippen LogP contribution is -1.80. The topological polar surface area (TPSA) is 48.8 Å². The summed E-state index contributed by atoms with van der Waals surface area (Å²) in [6.45, 7) is 0. The Morgan fingerprint density at radius 3 is 2.25 bits per heavy atom. The highest BCUT2D eigenvalue weighted by atomic mass is 19.3. The first-order valence-electron chi connectivity index (χ1n) is 3.17. The van der Waals surface area contributed by atoms with Gasteiger partial charge in [-0.25, -0.2) is 8.78 Å². The van der Waals surface area contributed by atoms with Gasteiger partial charge in [0, 0.05) is 16.2 Å².